The molecule has 3 N–H and O–H groups in total. The van der Waals surface area contributed by atoms with E-state index in [0.29, 0.717) is 26.2 Å². The lowest BCUT2D eigenvalue weighted by Crippen LogP contribution is -2.57. The first-order chi connectivity index (χ1) is 10.4. The molecule has 0 aliphatic carbocycles. The summed E-state index contributed by atoms with van der Waals surface area (Å²) in [5, 5.41) is 2.71. The number of ether oxygens (including phenoxy) is 1. The quantitative estimate of drug-likeness (QED) is 0.842. The molecule has 0 aromatic heterocycles. The van der Waals surface area contributed by atoms with Gasteiger partial charge in [0.15, 0.2) is 0 Å². The standard InChI is InChI=1S/C16H23N3O3.ClH/c1-12(20)18-10-14-11-19(8-9-22-14)15(21)16(2,17)13-6-4-3-5-7-13;/h3-7,14H,8-11,17H2,1-2H3,(H,18,20);1H. The summed E-state index contributed by atoms with van der Waals surface area (Å²) in [6.45, 7) is 4.96. The van der Waals surface area contributed by atoms with Gasteiger partial charge in [-0.3, -0.25) is 9.59 Å². The average Bonchev–Trinajstić information content (AvgIpc) is 2.53. The first-order valence-electron chi connectivity index (χ1n) is 7.41. The minimum Gasteiger partial charge on any atom is -0.373 e. The number of halogens is 1. The monoisotopic (exact) mass is 341 g/mol. The van der Waals surface area contributed by atoms with Gasteiger partial charge in [-0.2, -0.15) is 0 Å². The maximum absolute atomic E-state index is 12.8. The predicted molar refractivity (Wildman–Crippen MR) is 90.2 cm³/mol. The average molecular weight is 342 g/mol. The molecule has 6 nitrogen and oxygen atoms in total. The van der Waals surface area contributed by atoms with Gasteiger partial charge in [-0.1, -0.05) is 30.3 Å². The Kier molecular flexibility index (Phi) is 7.00. The van der Waals surface area contributed by atoms with Crippen LogP contribution in [0.4, 0.5) is 0 Å². The maximum Gasteiger partial charge on any atom is 0.247 e. The third-order valence-electron chi connectivity index (χ3n) is 3.82. The van der Waals surface area contributed by atoms with E-state index in [2.05, 4.69) is 5.32 Å². The van der Waals surface area contributed by atoms with Gasteiger partial charge in [0.25, 0.3) is 0 Å². The lowest BCUT2D eigenvalue weighted by molar-refractivity contribution is -0.144. The molecule has 1 aromatic carbocycles. The number of carbonyl (C=O) groups is 2. The highest BCUT2D eigenvalue weighted by atomic mass is 35.5. The normalized spacial score (nSPS) is 20.1. The molecule has 2 unspecified atom stereocenters. The number of hydrogen-bond acceptors (Lipinski definition) is 4. The lowest BCUT2D eigenvalue weighted by atomic mass is 9.91. The largest absolute Gasteiger partial charge is 0.373 e. The third-order valence-corrected chi connectivity index (χ3v) is 3.82. The van der Waals surface area contributed by atoms with E-state index in [1.165, 1.54) is 6.92 Å². The summed E-state index contributed by atoms with van der Waals surface area (Å²) < 4.78 is 5.58. The van der Waals surface area contributed by atoms with E-state index >= 15 is 0 Å². The second-order valence-corrected chi connectivity index (χ2v) is 5.75. The van der Waals surface area contributed by atoms with Crippen molar-refractivity contribution in [2.45, 2.75) is 25.5 Å². The van der Waals surface area contributed by atoms with Crippen molar-refractivity contribution in [1.29, 1.82) is 0 Å². The number of benzene rings is 1. The first-order valence-corrected chi connectivity index (χ1v) is 7.41. The van der Waals surface area contributed by atoms with Crippen molar-refractivity contribution < 1.29 is 14.3 Å². The number of rotatable bonds is 4. The van der Waals surface area contributed by atoms with Crippen LogP contribution in [0.5, 0.6) is 0 Å². The van der Waals surface area contributed by atoms with Crippen molar-refractivity contribution in [2.24, 2.45) is 5.73 Å². The van der Waals surface area contributed by atoms with Gasteiger partial charge in [-0.05, 0) is 12.5 Å². The van der Waals surface area contributed by atoms with E-state index < -0.39 is 5.54 Å². The number of nitrogens with zero attached hydrogens (tertiary/aromatic N) is 1. The molecule has 0 spiro atoms. The molecule has 7 heteroatoms. The van der Waals surface area contributed by atoms with Gasteiger partial charge in [0.1, 0.15) is 5.54 Å². The van der Waals surface area contributed by atoms with E-state index in [1.54, 1.807) is 11.8 Å². The van der Waals surface area contributed by atoms with Crippen LogP contribution >= 0.6 is 12.4 Å². The van der Waals surface area contributed by atoms with Gasteiger partial charge in [0.05, 0.1) is 12.7 Å². The van der Waals surface area contributed by atoms with Crippen molar-refractivity contribution in [1.82, 2.24) is 10.2 Å². The van der Waals surface area contributed by atoms with Gasteiger partial charge < -0.3 is 20.7 Å². The zero-order valence-corrected chi connectivity index (χ0v) is 14.3. The number of hydrogen-bond donors (Lipinski definition) is 2. The Morgan fingerprint density at radius 1 is 1.39 bits per heavy atom. The molecule has 2 amide bonds. The number of nitrogens with one attached hydrogen (secondary N) is 1. The Hall–Kier alpha value is -1.63. The molecular formula is C16H24ClN3O3. The van der Waals surface area contributed by atoms with Gasteiger partial charge in [-0.25, -0.2) is 0 Å². The summed E-state index contributed by atoms with van der Waals surface area (Å²) in [6.07, 6.45) is -0.201. The highest BCUT2D eigenvalue weighted by Gasteiger charge is 2.36. The van der Waals surface area contributed by atoms with Crippen molar-refractivity contribution in [3.63, 3.8) is 0 Å². The molecule has 2 atom stereocenters. The van der Waals surface area contributed by atoms with Crippen LogP contribution < -0.4 is 11.1 Å². The summed E-state index contributed by atoms with van der Waals surface area (Å²) in [5.41, 5.74) is 5.99. The second kappa shape index (κ2) is 8.29. The fraction of sp³-hybridized carbons (Fsp3) is 0.500. The van der Waals surface area contributed by atoms with Gasteiger partial charge in [0, 0.05) is 26.6 Å². The molecule has 0 bridgehead atoms. The second-order valence-electron chi connectivity index (χ2n) is 5.75. The summed E-state index contributed by atoms with van der Waals surface area (Å²) in [5.74, 6) is -0.241. The fourth-order valence-corrected chi connectivity index (χ4v) is 2.52. The van der Waals surface area contributed by atoms with Crippen molar-refractivity contribution in [3.8, 4) is 0 Å². The molecule has 1 saturated heterocycles. The van der Waals surface area contributed by atoms with E-state index in [9.17, 15) is 9.59 Å². The Labute approximate surface area is 142 Å². The molecule has 2 rings (SSSR count). The molecule has 128 valence electrons. The Balaban J connectivity index is 0.00000264. The highest BCUT2D eigenvalue weighted by Crippen LogP contribution is 2.21. The van der Waals surface area contributed by atoms with Crippen LogP contribution in [0.15, 0.2) is 30.3 Å². The summed E-state index contributed by atoms with van der Waals surface area (Å²) >= 11 is 0. The van der Waals surface area contributed by atoms with Crippen LogP contribution in [-0.4, -0.2) is 49.1 Å². The molecule has 1 fully saturated rings. The molecule has 1 aliphatic rings. The van der Waals surface area contributed by atoms with E-state index in [-0.39, 0.29) is 30.3 Å². The smallest absolute Gasteiger partial charge is 0.247 e. The van der Waals surface area contributed by atoms with Crippen molar-refractivity contribution >= 4 is 24.2 Å². The van der Waals surface area contributed by atoms with Crippen LogP contribution in [0.2, 0.25) is 0 Å². The molecular weight excluding hydrogens is 318 g/mol. The molecule has 23 heavy (non-hydrogen) atoms. The topological polar surface area (TPSA) is 84.7 Å². The van der Waals surface area contributed by atoms with E-state index in [4.69, 9.17) is 10.5 Å². The molecule has 1 aromatic rings. The maximum atomic E-state index is 12.8. The van der Waals surface area contributed by atoms with Crippen LogP contribution in [0.3, 0.4) is 0 Å². The number of carbonyl (C=O) groups excluding carboxylic acids is 2. The molecule has 0 saturated carbocycles. The van der Waals surface area contributed by atoms with Crippen molar-refractivity contribution in [3.05, 3.63) is 35.9 Å². The van der Waals surface area contributed by atoms with Crippen LogP contribution in [-0.2, 0) is 19.9 Å². The van der Waals surface area contributed by atoms with E-state index in [1.807, 2.05) is 30.3 Å². The van der Waals surface area contributed by atoms with E-state index in [0.717, 1.165) is 5.56 Å². The SMILES string of the molecule is CC(=O)NCC1CN(C(=O)C(C)(N)c2ccccc2)CCO1.Cl. The zero-order valence-electron chi connectivity index (χ0n) is 13.5. The number of morpholine rings is 1. The highest BCUT2D eigenvalue weighted by molar-refractivity contribution is 5.87. The van der Waals surface area contributed by atoms with Gasteiger partial charge in [0.2, 0.25) is 11.8 Å². The van der Waals surface area contributed by atoms with Crippen LogP contribution in [0, 0.1) is 0 Å². The minimum absolute atomic E-state index is 0. The molecule has 1 heterocycles. The molecule has 1 aliphatic heterocycles. The summed E-state index contributed by atoms with van der Waals surface area (Å²) in [7, 11) is 0. The lowest BCUT2D eigenvalue weighted by Gasteiger charge is -2.37. The van der Waals surface area contributed by atoms with Crippen LogP contribution in [0.25, 0.3) is 0 Å². The zero-order chi connectivity index (χ0) is 16.2. The summed E-state index contributed by atoms with van der Waals surface area (Å²) in [4.78, 5) is 25.5. The Morgan fingerprint density at radius 3 is 2.65 bits per heavy atom. The first kappa shape index (κ1) is 19.4. The number of nitrogens with two attached hydrogens (primary N) is 1. The van der Waals surface area contributed by atoms with Gasteiger partial charge in [-0.15, -0.1) is 12.4 Å². The minimum atomic E-state index is -1.07. The fourth-order valence-electron chi connectivity index (χ4n) is 2.52. The predicted octanol–water partition coefficient (Wildman–Crippen LogP) is 0.646. The number of amides is 2. The summed E-state index contributed by atoms with van der Waals surface area (Å²) in [6, 6.07) is 9.34. The van der Waals surface area contributed by atoms with Crippen LogP contribution in [0.1, 0.15) is 19.4 Å². The third kappa shape index (κ3) is 4.92. The van der Waals surface area contributed by atoms with Gasteiger partial charge >= 0.3 is 0 Å². The Morgan fingerprint density at radius 2 is 2.04 bits per heavy atom. The van der Waals surface area contributed by atoms with Crippen molar-refractivity contribution in [2.75, 3.05) is 26.2 Å². The molecule has 0 radical (unpaired) electrons. The Bertz CT molecular complexity index is 537.